The van der Waals surface area contributed by atoms with Crippen LogP contribution >= 0.6 is 0 Å². The first kappa shape index (κ1) is 17.7. The second-order valence-electron chi connectivity index (χ2n) is 7.46. The van der Waals surface area contributed by atoms with Crippen molar-refractivity contribution in [2.75, 3.05) is 46.4 Å². The minimum absolute atomic E-state index is 0.167. The molecule has 5 nitrogen and oxygen atoms in total. The van der Waals surface area contributed by atoms with E-state index in [0.29, 0.717) is 19.0 Å². The lowest BCUT2D eigenvalue weighted by Crippen LogP contribution is -2.48. The lowest BCUT2D eigenvalue weighted by atomic mass is 9.76. The topological polar surface area (TPSA) is 53.0 Å². The number of carbonyl (C=O) groups excluding carboxylic acids is 1. The fourth-order valence-electron chi connectivity index (χ4n) is 3.85. The van der Waals surface area contributed by atoms with Gasteiger partial charge in [0.2, 0.25) is 5.91 Å². The molecule has 0 radical (unpaired) electrons. The fraction of sp³-hybridized carbons (Fsp3) is 0.941. The zero-order valence-corrected chi connectivity index (χ0v) is 14.4. The molecule has 1 unspecified atom stereocenters. The molecule has 0 aromatic rings. The van der Waals surface area contributed by atoms with E-state index >= 15 is 0 Å². The molecule has 1 heterocycles. The first-order valence-corrected chi connectivity index (χ1v) is 8.65. The van der Waals surface area contributed by atoms with Gasteiger partial charge in [0.05, 0.1) is 19.3 Å². The Labute approximate surface area is 134 Å². The largest absolute Gasteiger partial charge is 0.390 e. The second-order valence-corrected chi connectivity index (χ2v) is 7.46. The predicted octanol–water partition coefficient (Wildman–Crippen LogP) is 1.35. The van der Waals surface area contributed by atoms with Gasteiger partial charge in [-0.05, 0) is 18.8 Å². The molecular formula is C17H32N2O3. The van der Waals surface area contributed by atoms with Gasteiger partial charge in [0.1, 0.15) is 0 Å². The Morgan fingerprint density at radius 2 is 1.91 bits per heavy atom. The third kappa shape index (κ3) is 4.43. The van der Waals surface area contributed by atoms with Crippen LogP contribution in [0.2, 0.25) is 0 Å². The number of β-amino-alcohol motifs (C(OH)–C–C–N with tert-alkyl or cyclic N) is 1. The zero-order chi connectivity index (χ0) is 16.2. The summed E-state index contributed by atoms with van der Waals surface area (Å²) < 4.78 is 5.31. The maximum Gasteiger partial charge on any atom is 0.228 e. The molecule has 1 aliphatic heterocycles. The van der Waals surface area contributed by atoms with Crippen molar-refractivity contribution in [3.8, 4) is 0 Å². The first-order chi connectivity index (χ1) is 10.4. The van der Waals surface area contributed by atoms with Crippen LogP contribution in [0, 0.1) is 11.3 Å². The predicted molar refractivity (Wildman–Crippen MR) is 86.6 cm³/mol. The molecule has 1 saturated carbocycles. The van der Waals surface area contributed by atoms with Gasteiger partial charge in [0.15, 0.2) is 0 Å². The summed E-state index contributed by atoms with van der Waals surface area (Å²) in [5.41, 5.74) is -0.316. The molecule has 2 aliphatic rings. The highest BCUT2D eigenvalue weighted by Gasteiger charge is 2.39. The van der Waals surface area contributed by atoms with Crippen LogP contribution in [-0.4, -0.2) is 73.4 Å². The fourth-order valence-corrected chi connectivity index (χ4v) is 3.85. The molecule has 2 rings (SSSR count). The first-order valence-electron chi connectivity index (χ1n) is 8.65. The highest BCUT2D eigenvalue weighted by Crippen LogP contribution is 2.40. The molecule has 1 N–H and O–H groups in total. The van der Waals surface area contributed by atoms with E-state index in [1.807, 2.05) is 7.05 Å². The summed E-state index contributed by atoms with van der Waals surface area (Å²) in [4.78, 5) is 16.7. The molecule has 1 aliphatic carbocycles. The Morgan fingerprint density at radius 1 is 1.32 bits per heavy atom. The number of nitrogens with zero attached hydrogens (tertiary/aromatic N) is 2. The summed E-state index contributed by atoms with van der Waals surface area (Å²) in [5, 5.41) is 10.3. The van der Waals surface area contributed by atoms with Crippen LogP contribution < -0.4 is 0 Å². The third-order valence-electron chi connectivity index (χ3n) is 5.33. The van der Waals surface area contributed by atoms with Gasteiger partial charge in [-0.2, -0.15) is 0 Å². The number of likely N-dealkylation sites (N-methyl/N-ethyl adjacent to an activating group) is 1. The summed E-state index contributed by atoms with van der Waals surface area (Å²) in [6.45, 7) is 8.35. The number of morpholine rings is 1. The number of rotatable bonds is 6. The van der Waals surface area contributed by atoms with Gasteiger partial charge in [0.25, 0.3) is 0 Å². The van der Waals surface area contributed by atoms with Gasteiger partial charge in [-0.15, -0.1) is 0 Å². The average Bonchev–Trinajstić information content (AvgIpc) is 3.02. The lowest BCUT2D eigenvalue weighted by Gasteiger charge is -2.36. The Bertz CT molecular complexity index is 361. The van der Waals surface area contributed by atoms with E-state index in [4.69, 9.17) is 4.74 Å². The third-order valence-corrected chi connectivity index (χ3v) is 5.33. The molecule has 2 fully saturated rings. The van der Waals surface area contributed by atoms with Crippen LogP contribution in [0.4, 0.5) is 0 Å². The SMILES string of the molecule is CN(CC(O)CN1CCOCC1)C(=O)C(C)(C)C1CCCC1. The van der Waals surface area contributed by atoms with Crippen LogP contribution in [0.5, 0.6) is 0 Å². The quantitative estimate of drug-likeness (QED) is 0.804. The molecule has 1 saturated heterocycles. The lowest BCUT2D eigenvalue weighted by molar-refractivity contribution is -0.143. The number of aliphatic hydroxyl groups is 1. The molecule has 0 aromatic heterocycles. The average molecular weight is 312 g/mol. The number of ether oxygens (including phenoxy) is 1. The molecule has 0 spiro atoms. The van der Waals surface area contributed by atoms with Crippen molar-refractivity contribution in [2.24, 2.45) is 11.3 Å². The monoisotopic (exact) mass is 312 g/mol. The van der Waals surface area contributed by atoms with E-state index in [1.54, 1.807) is 4.90 Å². The Morgan fingerprint density at radius 3 is 2.50 bits per heavy atom. The van der Waals surface area contributed by atoms with E-state index in [-0.39, 0.29) is 11.3 Å². The van der Waals surface area contributed by atoms with Crippen molar-refractivity contribution in [3.05, 3.63) is 0 Å². The molecule has 0 bridgehead atoms. The molecule has 0 aromatic carbocycles. The van der Waals surface area contributed by atoms with Crippen LogP contribution in [0.1, 0.15) is 39.5 Å². The smallest absolute Gasteiger partial charge is 0.228 e. The van der Waals surface area contributed by atoms with Gasteiger partial charge >= 0.3 is 0 Å². The minimum atomic E-state index is -0.494. The van der Waals surface area contributed by atoms with Crippen molar-refractivity contribution >= 4 is 5.91 Å². The molecule has 128 valence electrons. The van der Waals surface area contributed by atoms with Crippen molar-refractivity contribution < 1.29 is 14.6 Å². The number of hydrogen-bond donors (Lipinski definition) is 1. The number of carbonyl (C=O) groups is 1. The molecule has 5 heteroatoms. The Balaban J connectivity index is 1.81. The van der Waals surface area contributed by atoms with Crippen LogP contribution in [-0.2, 0) is 9.53 Å². The van der Waals surface area contributed by atoms with Crippen LogP contribution in [0.3, 0.4) is 0 Å². The minimum Gasteiger partial charge on any atom is -0.390 e. The molecule has 22 heavy (non-hydrogen) atoms. The summed E-state index contributed by atoms with van der Waals surface area (Å²) in [6, 6.07) is 0. The normalized spacial score (nSPS) is 22.7. The molecule has 1 atom stereocenters. The maximum atomic E-state index is 12.8. The van der Waals surface area contributed by atoms with Gasteiger partial charge in [-0.25, -0.2) is 0 Å². The molecular weight excluding hydrogens is 280 g/mol. The maximum absolute atomic E-state index is 12.8. The van der Waals surface area contributed by atoms with Gasteiger partial charge in [-0.3, -0.25) is 9.69 Å². The van der Waals surface area contributed by atoms with E-state index < -0.39 is 6.10 Å². The second kappa shape index (κ2) is 7.75. The Kier molecular flexibility index (Phi) is 6.24. The zero-order valence-electron chi connectivity index (χ0n) is 14.4. The van der Waals surface area contributed by atoms with Crippen LogP contribution in [0.25, 0.3) is 0 Å². The summed E-state index contributed by atoms with van der Waals surface area (Å²) in [5.74, 6) is 0.652. The highest BCUT2D eigenvalue weighted by atomic mass is 16.5. The van der Waals surface area contributed by atoms with Crippen molar-refractivity contribution in [2.45, 2.75) is 45.6 Å². The number of aliphatic hydroxyl groups excluding tert-OH is 1. The summed E-state index contributed by atoms with van der Waals surface area (Å²) in [6.07, 6.45) is 4.30. The van der Waals surface area contributed by atoms with Crippen LogP contribution in [0.15, 0.2) is 0 Å². The van der Waals surface area contributed by atoms with E-state index in [9.17, 15) is 9.90 Å². The summed E-state index contributed by atoms with van der Waals surface area (Å²) in [7, 11) is 1.82. The number of amides is 1. The van der Waals surface area contributed by atoms with E-state index in [0.717, 1.165) is 39.1 Å². The van der Waals surface area contributed by atoms with E-state index in [2.05, 4.69) is 18.7 Å². The molecule has 1 amide bonds. The van der Waals surface area contributed by atoms with Crippen molar-refractivity contribution in [3.63, 3.8) is 0 Å². The summed E-state index contributed by atoms with van der Waals surface area (Å²) >= 11 is 0. The standard InChI is InChI=1S/C17H32N2O3/c1-17(2,14-6-4-5-7-14)16(21)18(3)12-15(20)13-19-8-10-22-11-9-19/h14-15,20H,4-13H2,1-3H3. The Hall–Kier alpha value is -0.650. The van der Waals surface area contributed by atoms with Gasteiger partial charge in [-0.1, -0.05) is 26.7 Å². The van der Waals surface area contributed by atoms with Gasteiger partial charge < -0.3 is 14.7 Å². The highest BCUT2D eigenvalue weighted by molar-refractivity contribution is 5.82. The number of hydrogen-bond acceptors (Lipinski definition) is 4. The van der Waals surface area contributed by atoms with Gasteiger partial charge in [0, 0.05) is 38.6 Å². The van der Waals surface area contributed by atoms with Crippen molar-refractivity contribution in [1.82, 2.24) is 9.80 Å². The van der Waals surface area contributed by atoms with Crippen molar-refractivity contribution in [1.29, 1.82) is 0 Å². The van der Waals surface area contributed by atoms with E-state index in [1.165, 1.54) is 12.8 Å².